The minimum absolute atomic E-state index is 0.0749. The quantitative estimate of drug-likeness (QED) is 0.644. The van der Waals surface area contributed by atoms with Gasteiger partial charge >= 0.3 is 0 Å². The molecular weight excluding hydrogens is 160 g/mol. The van der Waals surface area contributed by atoms with Crippen LogP contribution in [0.1, 0.15) is 59.8 Å². The van der Waals surface area contributed by atoms with E-state index in [0.29, 0.717) is 5.92 Å². The van der Waals surface area contributed by atoms with Crippen molar-refractivity contribution in [3.8, 4) is 0 Å². The Labute approximate surface area is 83.5 Å². The topological polar surface area (TPSA) is 20.2 Å². The van der Waals surface area contributed by atoms with Gasteiger partial charge in [0.1, 0.15) is 0 Å². The molecule has 0 saturated heterocycles. The van der Waals surface area contributed by atoms with Crippen LogP contribution in [0.3, 0.4) is 0 Å². The van der Waals surface area contributed by atoms with Crippen molar-refractivity contribution < 1.29 is 5.11 Å². The Hall–Kier alpha value is -0.0400. The van der Waals surface area contributed by atoms with Crippen molar-refractivity contribution in [1.29, 1.82) is 0 Å². The summed E-state index contributed by atoms with van der Waals surface area (Å²) in [7, 11) is 0. The first-order valence-electron chi connectivity index (χ1n) is 5.79. The smallest absolute Gasteiger partial charge is 0.0565 e. The van der Waals surface area contributed by atoms with Crippen LogP contribution in [0.2, 0.25) is 0 Å². The first-order chi connectivity index (χ1) is 6.11. The Balaban J connectivity index is 3.54. The molecule has 0 aromatic heterocycles. The third kappa shape index (κ3) is 6.09. The third-order valence-electron chi connectivity index (χ3n) is 3.05. The summed E-state index contributed by atoms with van der Waals surface area (Å²) in [6.45, 7) is 8.82. The van der Waals surface area contributed by atoms with Crippen molar-refractivity contribution in [2.75, 3.05) is 0 Å². The summed E-state index contributed by atoms with van der Waals surface area (Å²) in [6, 6.07) is 0. The fourth-order valence-electron chi connectivity index (χ4n) is 1.52. The minimum atomic E-state index is -0.0749. The largest absolute Gasteiger partial charge is 0.393 e. The van der Waals surface area contributed by atoms with E-state index in [9.17, 15) is 5.11 Å². The van der Waals surface area contributed by atoms with E-state index in [2.05, 4.69) is 27.7 Å². The van der Waals surface area contributed by atoms with Crippen molar-refractivity contribution in [2.24, 2.45) is 11.8 Å². The number of aliphatic hydroxyl groups excluding tert-OH is 1. The summed E-state index contributed by atoms with van der Waals surface area (Å²) in [5.41, 5.74) is 0. The first kappa shape index (κ1) is 13.0. The molecule has 0 fully saturated rings. The molecule has 1 heteroatoms. The Morgan fingerprint density at radius 1 is 1.00 bits per heavy atom. The van der Waals surface area contributed by atoms with Crippen LogP contribution in [0.15, 0.2) is 0 Å². The maximum atomic E-state index is 9.70. The molecule has 0 aromatic rings. The summed E-state index contributed by atoms with van der Waals surface area (Å²) in [6.07, 6.45) is 5.68. The normalized spacial score (nSPS) is 18.2. The fraction of sp³-hybridized carbons (Fsp3) is 1.00. The van der Waals surface area contributed by atoms with Crippen molar-refractivity contribution in [2.45, 2.75) is 65.9 Å². The van der Waals surface area contributed by atoms with Crippen molar-refractivity contribution >= 4 is 0 Å². The predicted molar refractivity (Wildman–Crippen MR) is 58.8 cm³/mol. The highest BCUT2D eigenvalue weighted by molar-refractivity contribution is 4.65. The van der Waals surface area contributed by atoms with Gasteiger partial charge in [0.2, 0.25) is 0 Å². The average molecular weight is 186 g/mol. The van der Waals surface area contributed by atoms with Crippen LogP contribution < -0.4 is 0 Å². The lowest BCUT2D eigenvalue weighted by atomic mass is 9.91. The van der Waals surface area contributed by atoms with Gasteiger partial charge in [-0.25, -0.2) is 0 Å². The molecule has 0 saturated carbocycles. The van der Waals surface area contributed by atoms with E-state index in [-0.39, 0.29) is 6.10 Å². The van der Waals surface area contributed by atoms with Gasteiger partial charge < -0.3 is 5.11 Å². The van der Waals surface area contributed by atoms with Crippen LogP contribution in [0.5, 0.6) is 0 Å². The van der Waals surface area contributed by atoms with E-state index in [4.69, 9.17) is 0 Å². The lowest BCUT2D eigenvalue weighted by molar-refractivity contribution is 0.0986. The highest BCUT2D eigenvalue weighted by Gasteiger charge is 2.13. The molecular formula is C12H26O. The third-order valence-corrected chi connectivity index (χ3v) is 3.05. The van der Waals surface area contributed by atoms with Gasteiger partial charge in [-0.2, -0.15) is 0 Å². The molecule has 0 radical (unpaired) electrons. The van der Waals surface area contributed by atoms with E-state index in [1.165, 1.54) is 19.3 Å². The molecule has 0 rings (SSSR count). The van der Waals surface area contributed by atoms with Crippen LogP contribution >= 0.6 is 0 Å². The van der Waals surface area contributed by atoms with Crippen LogP contribution in [-0.2, 0) is 0 Å². The molecule has 0 aliphatic carbocycles. The molecule has 3 unspecified atom stereocenters. The van der Waals surface area contributed by atoms with E-state index in [0.717, 1.165) is 18.8 Å². The molecule has 13 heavy (non-hydrogen) atoms. The zero-order chi connectivity index (χ0) is 10.3. The van der Waals surface area contributed by atoms with Crippen molar-refractivity contribution in [3.05, 3.63) is 0 Å². The van der Waals surface area contributed by atoms with Gasteiger partial charge in [-0.15, -0.1) is 0 Å². The van der Waals surface area contributed by atoms with Gasteiger partial charge in [-0.1, -0.05) is 47.0 Å². The van der Waals surface area contributed by atoms with E-state index in [1.807, 2.05) is 0 Å². The van der Waals surface area contributed by atoms with Crippen LogP contribution in [-0.4, -0.2) is 11.2 Å². The van der Waals surface area contributed by atoms with E-state index >= 15 is 0 Å². The highest BCUT2D eigenvalue weighted by atomic mass is 16.3. The van der Waals surface area contributed by atoms with Gasteiger partial charge in [0.05, 0.1) is 6.10 Å². The maximum absolute atomic E-state index is 9.70. The number of hydrogen-bond acceptors (Lipinski definition) is 1. The average Bonchev–Trinajstić information content (AvgIpc) is 2.13. The lowest BCUT2D eigenvalue weighted by Gasteiger charge is -2.19. The highest BCUT2D eigenvalue weighted by Crippen LogP contribution is 2.19. The van der Waals surface area contributed by atoms with Crippen molar-refractivity contribution in [1.82, 2.24) is 0 Å². The SMILES string of the molecule is CCCC(O)C(C)CCC(C)CC. The predicted octanol–water partition coefficient (Wildman–Crippen LogP) is 3.61. The summed E-state index contributed by atoms with van der Waals surface area (Å²) in [4.78, 5) is 0. The Morgan fingerprint density at radius 2 is 1.62 bits per heavy atom. The van der Waals surface area contributed by atoms with E-state index in [1.54, 1.807) is 0 Å². The van der Waals surface area contributed by atoms with Gasteiger partial charge in [-0.05, 0) is 24.7 Å². The second-order valence-corrected chi connectivity index (χ2v) is 4.42. The molecule has 0 heterocycles. The molecule has 3 atom stereocenters. The Morgan fingerprint density at radius 3 is 2.08 bits per heavy atom. The van der Waals surface area contributed by atoms with Crippen LogP contribution in [0.25, 0.3) is 0 Å². The lowest BCUT2D eigenvalue weighted by Crippen LogP contribution is -2.17. The van der Waals surface area contributed by atoms with E-state index < -0.39 is 0 Å². The molecule has 1 nitrogen and oxygen atoms in total. The summed E-state index contributed by atoms with van der Waals surface area (Å²) < 4.78 is 0. The first-order valence-corrected chi connectivity index (χ1v) is 5.79. The van der Waals surface area contributed by atoms with Crippen molar-refractivity contribution in [3.63, 3.8) is 0 Å². The molecule has 0 spiro atoms. The number of rotatable bonds is 7. The second kappa shape index (κ2) is 7.37. The maximum Gasteiger partial charge on any atom is 0.0565 e. The summed E-state index contributed by atoms with van der Waals surface area (Å²) in [5, 5.41) is 9.70. The monoisotopic (exact) mass is 186 g/mol. The molecule has 0 amide bonds. The number of aliphatic hydroxyl groups is 1. The molecule has 0 aromatic carbocycles. The number of hydrogen-bond donors (Lipinski definition) is 1. The second-order valence-electron chi connectivity index (χ2n) is 4.42. The van der Waals surface area contributed by atoms with Crippen LogP contribution in [0.4, 0.5) is 0 Å². The molecule has 0 bridgehead atoms. The minimum Gasteiger partial charge on any atom is -0.393 e. The summed E-state index contributed by atoms with van der Waals surface area (Å²) in [5.74, 6) is 1.30. The molecule has 0 aliphatic rings. The molecule has 0 aliphatic heterocycles. The Kier molecular flexibility index (Phi) is 7.35. The zero-order valence-electron chi connectivity index (χ0n) is 9.71. The van der Waals surface area contributed by atoms with Gasteiger partial charge in [0.25, 0.3) is 0 Å². The molecule has 1 N–H and O–H groups in total. The fourth-order valence-corrected chi connectivity index (χ4v) is 1.52. The van der Waals surface area contributed by atoms with Crippen LogP contribution in [0, 0.1) is 11.8 Å². The van der Waals surface area contributed by atoms with Gasteiger partial charge in [-0.3, -0.25) is 0 Å². The standard InChI is InChI=1S/C12H26O/c1-5-7-12(13)11(4)9-8-10(3)6-2/h10-13H,5-9H2,1-4H3. The summed E-state index contributed by atoms with van der Waals surface area (Å²) >= 11 is 0. The Bertz CT molecular complexity index is 112. The zero-order valence-corrected chi connectivity index (χ0v) is 9.71. The molecule has 80 valence electrons. The van der Waals surface area contributed by atoms with Gasteiger partial charge in [0, 0.05) is 0 Å². The van der Waals surface area contributed by atoms with Gasteiger partial charge in [0.15, 0.2) is 0 Å².